The summed E-state index contributed by atoms with van der Waals surface area (Å²) in [4.78, 5) is 11.1. The minimum atomic E-state index is -0.784. The molecule has 0 atom stereocenters. The number of aromatic nitrogens is 2. The Morgan fingerprint density at radius 1 is 1.50 bits per heavy atom. The molecule has 1 aromatic carbocycles. The molecule has 1 heterocycles. The fourth-order valence-corrected chi connectivity index (χ4v) is 2.52. The molecule has 4 nitrogen and oxygen atoms in total. The Hall–Kier alpha value is -1.36. The zero-order valence-electron chi connectivity index (χ0n) is 10.6. The maximum absolute atomic E-state index is 11.1. The average Bonchev–Trinajstić information content (AvgIpc) is 2.54. The molecule has 0 bridgehead atoms. The van der Waals surface area contributed by atoms with Gasteiger partial charge in [-0.1, -0.05) is 6.07 Å². The van der Waals surface area contributed by atoms with E-state index in [0.29, 0.717) is 6.42 Å². The number of fused-ring (bicyclic) bond motifs is 1. The van der Waals surface area contributed by atoms with Crippen LogP contribution in [0.3, 0.4) is 0 Å². The van der Waals surface area contributed by atoms with Crippen molar-refractivity contribution in [3.05, 3.63) is 28.4 Å². The summed E-state index contributed by atoms with van der Waals surface area (Å²) < 4.78 is 2.58. The number of hydrogen-bond donors (Lipinski definition) is 1. The van der Waals surface area contributed by atoms with Crippen LogP contribution < -0.4 is 0 Å². The van der Waals surface area contributed by atoms with Crippen molar-refractivity contribution in [1.82, 2.24) is 9.78 Å². The van der Waals surface area contributed by atoms with Crippen LogP contribution in [0.15, 0.2) is 22.8 Å². The van der Waals surface area contributed by atoms with Crippen molar-refractivity contribution in [2.45, 2.75) is 20.3 Å². The number of rotatable bonds is 3. The molecule has 0 aliphatic carbocycles. The van der Waals surface area contributed by atoms with Gasteiger partial charge in [-0.2, -0.15) is 5.10 Å². The minimum Gasteiger partial charge on any atom is -0.481 e. The van der Waals surface area contributed by atoms with E-state index in [9.17, 15) is 4.79 Å². The zero-order valence-corrected chi connectivity index (χ0v) is 12.2. The van der Waals surface area contributed by atoms with Gasteiger partial charge in [0.25, 0.3) is 0 Å². The molecule has 96 valence electrons. The fraction of sp³-hybridized carbons (Fsp3) is 0.385. The number of aliphatic carboxylic acids is 1. The number of carbonyl (C=O) groups is 1. The van der Waals surface area contributed by atoms with E-state index < -0.39 is 11.4 Å². The van der Waals surface area contributed by atoms with Gasteiger partial charge in [0, 0.05) is 12.4 Å². The SMILES string of the molecule is Cn1nc(Br)c2cc(CC(C)(C)C(=O)O)ccc21. The summed E-state index contributed by atoms with van der Waals surface area (Å²) in [6, 6.07) is 5.93. The van der Waals surface area contributed by atoms with Crippen molar-refractivity contribution in [2.75, 3.05) is 0 Å². The Balaban J connectivity index is 2.42. The molecule has 2 rings (SSSR count). The Morgan fingerprint density at radius 3 is 2.78 bits per heavy atom. The van der Waals surface area contributed by atoms with E-state index >= 15 is 0 Å². The second-order valence-corrected chi connectivity index (χ2v) is 5.88. The highest BCUT2D eigenvalue weighted by Gasteiger charge is 2.27. The summed E-state index contributed by atoms with van der Waals surface area (Å²) in [6.07, 6.45) is 0.500. The molecule has 0 radical (unpaired) electrons. The summed E-state index contributed by atoms with van der Waals surface area (Å²) in [5.41, 5.74) is 1.27. The van der Waals surface area contributed by atoms with Gasteiger partial charge in [0.15, 0.2) is 0 Å². The third kappa shape index (κ3) is 2.27. The first kappa shape index (κ1) is 13.1. The molecule has 0 saturated carbocycles. The molecule has 0 amide bonds. The monoisotopic (exact) mass is 310 g/mol. The van der Waals surface area contributed by atoms with Gasteiger partial charge >= 0.3 is 5.97 Å². The summed E-state index contributed by atoms with van der Waals surface area (Å²) in [5.74, 6) is -0.784. The van der Waals surface area contributed by atoms with Gasteiger partial charge in [0.1, 0.15) is 4.60 Å². The Bertz CT molecular complexity index is 617. The summed E-state index contributed by atoms with van der Waals surface area (Å²) in [7, 11) is 1.88. The second kappa shape index (κ2) is 4.39. The molecular weight excluding hydrogens is 296 g/mol. The van der Waals surface area contributed by atoms with Crippen molar-refractivity contribution >= 4 is 32.8 Å². The lowest BCUT2D eigenvalue weighted by Gasteiger charge is -2.18. The lowest BCUT2D eigenvalue weighted by Crippen LogP contribution is -2.26. The van der Waals surface area contributed by atoms with Crippen LogP contribution in [0.4, 0.5) is 0 Å². The molecule has 18 heavy (non-hydrogen) atoms. The number of benzene rings is 1. The highest BCUT2D eigenvalue weighted by molar-refractivity contribution is 9.10. The predicted octanol–water partition coefficient (Wildman–Crippen LogP) is 2.99. The van der Waals surface area contributed by atoms with Crippen LogP contribution in [0.2, 0.25) is 0 Å². The second-order valence-electron chi connectivity index (χ2n) is 5.13. The van der Waals surface area contributed by atoms with Gasteiger partial charge < -0.3 is 5.11 Å². The van der Waals surface area contributed by atoms with Gasteiger partial charge in [-0.3, -0.25) is 9.48 Å². The molecule has 5 heteroatoms. The van der Waals surface area contributed by atoms with Crippen LogP contribution in [0.25, 0.3) is 10.9 Å². The molecule has 2 aromatic rings. The van der Waals surface area contributed by atoms with Gasteiger partial charge in [-0.15, -0.1) is 0 Å². The highest BCUT2D eigenvalue weighted by Crippen LogP contribution is 2.27. The van der Waals surface area contributed by atoms with E-state index in [0.717, 1.165) is 21.1 Å². The van der Waals surface area contributed by atoms with Crippen LogP contribution in [0, 0.1) is 5.41 Å². The van der Waals surface area contributed by atoms with Crippen LogP contribution in [-0.4, -0.2) is 20.9 Å². The first-order chi connectivity index (χ1) is 8.31. The van der Waals surface area contributed by atoms with Crippen molar-refractivity contribution in [3.8, 4) is 0 Å². The van der Waals surface area contributed by atoms with Crippen LogP contribution in [0.5, 0.6) is 0 Å². The third-order valence-corrected chi connectivity index (χ3v) is 3.68. The Morgan fingerprint density at radius 2 is 2.17 bits per heavy atom. The Labute approximate surface area is 114 Å². The molecule has 1 aromatic heterocycles. The fourth-order valence-electron chi connectivity index (χ4n) is 1.97. The maximum atomic E-state index is 11.1. The molecule has 1 N–H and O–H groups in total. The normalized spacial score (nSPS) is 12.0. The number of aryl methyl sites for hydroxylation is 1. The van der Waals surface area contributed by atoms with Crippen LogP contribution in [0.1, 0.15) is 19.4 Å². The smallest absolute Gasteiger partial charge is 0.309 e. The summed E-state index contributed by atoms with van der Waals surface area (Å²) in [6.45, 7) is 3.47. The van der Waals surface area contributed by atoms with Gasteiger partial charge in [0.05, 0.1) is 10.9 Å². The predicted molar refractivity (Wildman–Crippen MR) is 73.5 cm³/mol. The summed E-state index contributed by atoms with van der Waals surface area (Å²) in [5, 5.41) is 14.4. The molecule has 0 unspecified atom stereocenters. The van der Waals surface area contributed by atoms with Crippen molar-refractivity contribution < 1.29 is 9.90 Å². The lowest BCUT2D eigenvalue weighted by atomic mass is 9.86. The van der Waals surface area contributed by atoms with Crippen molar-refractivity contribution in [3.63, 3.8) is 0 Å². The standard InChI is InChI=1S/C13H15BrN2O2/c1-13(2,12(17)18)7-8-4-5-10-9(6-8)11(14)15-16(10)3/h4-6H,7H2,1-3H3,(H,17,18). The largest absolute Gasteiger partial charge is 0.481 e. The van der Waals surface area contributed by atoms with E-state index in [-0.39, 0.29) is 0 Å². The van der Waals surface area contributed by atoms with Crippen molar-refractivity contribution in [1.29, 1.82) is 0 Å². The van der Waals surface area contributed by atoms with Crippen molar-refractivity contribution in [2.24, 2.45) is 12.5 Å². The molecule has 0 aliphatic heterocycles. The van der Waals surface area contributed by atoms with Gasteiger partial charge in [-0.05, 0) is 53.9 Å². The van der Waals surface area contributed by atoms with Gasteiger partial charge in [0.2, 0.25) is 0 Å². The first-order valence-electron chi connectivity index (χ1n) is 5.66. The lowest BCUT2D eigenvalue weighted by molar-refractivity contribution is -0.146. The average molecular weight is 311 g/mol. The molecular formula is C13H15BrN2O2. The number of hydrogen-bond acceptors (Lipinski definition) is 2. The molecule has 0 aliphatic rings. The molecule has 0 spiro atoms. The molecule has 0 fully saturated rings. The van der Waals surface area contributed by atoms with E-state index in [1.54, 1.807) is 18.5 Å². The molecule has 0 saturated heterocycles. The number of carboxylic acids is 1. The maximum Gasteiger partial charge on any atom is 0.309 e. The minimum absolute atomic E-state index is 0.500. The first-order valence-corrected chi connectivity index (χ1v) is 6.45. The van der Waals surface area contributed by atoms with Crippen LogP contribution >= 0.6 is 15.9 Å². The van der Waals surface area contributed by atoms with E-state index in [1.165, 1.54) is 0 Å². The van der Waals surface area contributed by atoms with Crippen LogP contribution in [-0.2, 0) is 18.3 Å². The topological polar surface area (TPSA) is 55.1 Å². The number of carboxylic acid groups (broad SMARTS) is 1. The zero-order chi connectivity index (χ0) is 13.5. The highest BCUT2D eigenvalue weighted by atomic mass is 79.9. The third-order valence-electron chi connectivity index (χ3n) is 3.09. The van der Waals surface area contributed by atoms with E-state index in [1.807, 2.05) is 25.2 Å². The van der Waals surface area contributed by atoms with E-state index in [4.69, 9.17) is 5.11 Å². The Kier molecular flexibility index (Phi) is 3.19. The number of nitrogens with zero attached hydrogens (tertiary/aromatic N) is 2. The van der Waals surface area contributed by atoms with Gasteiger partial charge in [-0.25, -0.2) is 0 Å². The number of halogens is 1. The van der Waals surface area contributed by atoms with E-state index in [2.05, 4.69) is 21.0 Å². The quantitative estimate of drug-likeness (QED) is 0.948. The summed E-state index contributed by atoms with van der Waals surface area (Å²) >= 11 is 3.41.